The molecule has 0 bridgehead atoms. The third-order valence-electron chi connectivity index (χ3n) is 7.79. The maximum atomic E-state index is 8.40. The zero-order chi connectivity index (χ0) is 35.2. The summed E-state index contributed by atoms with van der Waals surface area (Å²) in [5, 5.41) is 0. The fourth-order valence-corrected chi connectivity index (χ4v) is 5.55. The van der Waals surface area contributed by atoms with Gasteiger partial charge < -0.3 is 13.7 Å². The first-order valence-corrected chi connectivity index (χ1v) is 20.9. The summed E-state index contributed by atoms with van der Waals surface area (Å²) in [6, 6.07) is 0. The normalized spacial score (nSPS) is 11.2. The molecule has 0 radical (unpaired) electrons. The average molecular weight is 681 g/mol. The zero-order valence-electron chi connectivity index (χ0n) is 31.3. The van der Waals surface area contributed by atoms with Crippen molar-refractivity contribution in [2.45, 2.75) is 177 Å². The van der Waals surface area contributed by atoms with E-state index in [4.69, 9.17) is 14.7 Å². The number of imidazole rings is 3. The summed E-state index contributed by atoms with van der Waals surface area (Å²) in [6.07, 6.45) is 32.2. The molecule has 0 fully saturated rings. The number of nitrogens with zero attached hydrogens (tertiary/aromatic N) is 6. The maximum absolute atomic E-state index is 8.40. The van der Waals surface area contributed by atoms with Crippen LogP contribution in [0.1, 0.15) is 156 Å². The van der Waals surface area contributed by atoms with Gasteiger partial charge in [-0.3, -0.25) is 0 Å². The Morgan fingerprint density at radius 1 is 0.447 bits per heavy atom. The second-order valence-electron chi connectivity index (χ2n) is 12.4. The Morgan fingerprint density at radius 3 is 0.936 bits per heavy atom. The van der Waals surface area contributed by atoms with Crippen LogP contribution >= 0.6 is 7.94 Å². The van der Waals surface area contributed by atoms with Gasteiger partial charge in [-0.05, 0) is 38.5 Å². The van der Waals surface area contributed by atoms with E-state index in [0.29, 0.717) is 6.42 Å². The molecular formula is C37H73N6O3P. The minimum absolute atomic E-state index is 0.170. The number of hydrogen-bond acceptors (Lipinski definition) is 6. The van der Waals surface area contributed by atoms with Crippen molar-refractivity contribution in [3.05, 3.63) is 54.7 Å². The zero-order valence-corrected chi connectivity index (χ0v) is 32.3. The first-order chi connectivity index (χ1) is 22.7. The van der Waals surface area contributed by atoms with Crippen molar-refractivity contribution in [3.63, 3.8) is 0 Å². The van der Waals surface area contributed by atoms with Crippen molar-refractivity contribution in [1.82, 2.24) is 28.7 Å². The van der Waals surface area contributed by atoms with E-state index in [9.17, 15) is 0 Å². The molecule has 0 atom stereocenters. The third kappa shape index (κ3) is 23.8. The van der Waals surface area contributed by atoms with Crippen molar-refractivity contribution in [3.8, 4) is 0 Å². The Hall–Kier alpha value is -2.06. The standard InChI is InChI=1S/3C11H20N2.C4H13O3P/c3*1-3-5-7-11-12-8-10-13(11)9-6-4-2;1-2-3-4-8(5,6)7/h3*8,10H,3-7,9H2,1-2H3;5-8H,2-4H2,1H3. The number of hydrogen-bond donors (Lipinski definition) is 3. The third-order valence-corrected chi connectivity index (χ3v) is 8.81. The van der Waals surface area contributed by atoms with Crippen molar-refractivity contribution < 1.29 is 14.7 Å². The Labute approximate surface area is 288 Å². The molecule has 0 spiro atoms. The van der Waals surface area contributed by atoms with Gasteiger partial charge in [-0.2, -0.15) is 0 Å². The van der Waals surface area contributed by atoms with E-state index in [-0.39, 0.29) is 6.16 Å². The fourth-order valence-electron chi connectivity index (χ4n) is 4.72. The van der Waals surface area contributed by atoms with Crippen LogP contribution in [0.15, 0.2) is 37.2 Å². The van der Waals surface area contributed by atoms with Crippen LogP contribution in [-0.2, 0) is 38.9 Å². The van der Waals surface area contributed by atoms with Crippen LogP contribution in [-0.4, -0.2) is 49.5 Å². The molecule has 0 saturated heterocycles. The molecule has 9 nitrogen and oxygen atoms in total. The van der Waals surface area contributed by atoms with E-state index >= 15 is 0 Å². The Kier molecular flexibility index (Phi) is 28.7. The fraction of sp³-hybridized carbons (Fsp3) is 0.757. The predicted molar refractivity (Wildman–Crippen MR) is 202 cm³/mol. The summed E-state index contributed by atoms with van der Waals surface area (Å²) >= 11 is 0. The molecule has 3 heterocycles. The van der Waals surface area contributed by atoms with Crippen LogP contribution < -0.4 is 0 Å². The molecule has 0 saturated carbocycles. The molecule has 0 aliphatic carbocycles. The Balaban J connectivity index is 0.000000610. The first-order valence-electron chi connectivity index (χ1n) is 18.9. The molecule has 274 valence electrons. The molecule has 3 aromatic rings. The van der Waals surface area contributed by atoms with E-state index in [1.54, 1.807) is 0 Å². The molecule has 3 N–H and O–H groups in total. The number of unbranched alkanes of at least 4 members (excludes halogenated alkanes) is 7. The Bertz CT molecular complexity index is 889. The second kappa shape index (κ2) is 30.0. The van der Waals surface area contributed by atoms with E-state index in [0.717, 1.165) is 45.3 Å². The van der Waals surface area contributed by atoms with Crippen molar-refractivity contribution in [1.29, 1.82) is 0 Å². The molecule has 0 aliphatic rings. The molecule has 0 aliphatic heterocycles. The predicted octanol–water partition coefficient (Wildman–Crippen LogP) is 9.34. The molecule has 3 rings (SSSR count). The molecule has 0 unspecified atom stereocenters. The summed E-state index contributed by atoms with van der Waals surface area (Å²) in [6.45, 7) is 18.7. The van der Waals surface area contributed by atoms with Crippen molar-refractivity contribution >= 4 is 7.94 Å². The van der Waals surface area contributed by atoms with Crippen LogP contribution in [0.3, 0.4) is 0 Å². The van der Waals surface area contributed by atoms with Crippen LogP contribution in [0.2, 0.25) is 0 Å². The van der Waals surface area contributed by atoms with Crippen LogP contribution in [0.25, 0.3) is 0 Å². The summed E-state index contributed by atoms with van der Waals surface area (Å²) in [5.74, 6) is 3.78. The monoisotopic (exact) mass is 681 g/mol. The maximum Gasteiger partial charge on any atom is 0.108 e. The van der Waals surface area contributed by atoms with Gasteiger partial charge in [0.15, 0.2) is 0 Å². The first kappa shape index (κ1) is 44.9. The van der Waals surface area contributed by atoms with Gasteiger partial charge in [-0.25, -0.2) is 15.0 Å². The molecule has 10 heteroatoms. The second-order valence-corrected chi connectivity index (χ2v) is 14.4. The summed E-state index contributed by atoms with van der Waals surface area (Å²) in [5.41, 5.74) is 0. The molecule has 3 aromatic heterocycles. The number of rotatable bonds is 21. The Morgan fingerprint density at radius 2 is 0.723 bits per heavy atom. The molecule has 47 heavy (non-hydrogen) atoms. The van der Waals surface area contributed by atoms with Gasteiger partial charge in [-0.1, -0.05) is 80.1 Å². The van der Waals surface area contributed by atoms with Gasteiger partial charge >= 0.3 is 48.6 Å². The van der Waals surface area contributed by atoms with Gasteiger partial charge in [0.2, 0.25) is 0 Å². The van der Waals surface area contributed by atoms with Gasteiger partial charge in [0.1, 0.15) is 17.5 Å². The quantitative estimate of drug-likeness (QED) is 0.0967. The minimum Gasteiger partial charge on any atom is -0.335 e. The smallest absolute Gasteiger partial charge is 0.108 e. The van der Waals surface area contributed by atoms with Crippen molar-refractivity contribution in [2.24, 2.45) is 0 Å². The van der Waals surface area contributed by atoms with E-state index in [1.807, 2.05) is 25.5 Å². The SMILES string of the molecule is CCCC[PH](O)(O)O.CCCCc1nccn1CCCC.CCCCc1nccn1CCCC.CCCCc1nccn1CCCC. The van der Waals surface area contributed by atoms with Gasteiger partial charge in [-0.15, -0.1) is 0 Å². The molecule has 0 amide bonds. The van der Waals surface area contributed by atoms with E-state index in [1.165, 1.54) is 94.5 Å². The van der Waals surface area contributed by atoms with E-state index < -0.39 is 7.94 Å². The summed E-state index contributed by atoms with van der Waals surface area (Å²) in [4.78, 5) is 38.3. The molecular weight excluding hydrogens is 607 g/mol. The minimum atomic E-state index is -3.68. The van der Waals surface area contributed by atoms with Crippen LogP contribution in [0.5, 0.6) is 0 Å². The largest absolute Gasteiger partial charge is 0.335 e. The topological polar surface area (TPSA) is 114 Å². The van der Waals surface area contributed by atoms with Crippen molar-refractivity contribution in [2.75, 3.05) is 6.16 Å². The van der Waals surface area contributed by atoms with E-state index in [2.05, 4.69) is 88.8 Å². The molecule has 0 aromatic carbocycles. The van der Waals surface area contributed by atoms with Gasteiger partial charge in [0, 0.05) is 76.1 Å². The summed E-state index contributed by atoms with van der Waals surface area (Å²) < 4.78 is 6.87. The summed E-state index contributed by atoms with van der Waals surface area (Å²) in [7, 11) is -3.68. The van der Waals surface area contributed by atoms with Gasteiger partial charge in [0.25, 0.3) is 0 Å². The van der Waals surface area contributed by atoms with Crippen LogP contribution in [0.4, 0.5) is 0 Å². The van der Waals surface area contributed by atoms with Gasteiger partial charge in [0.05, 0.1) is 0 Å². The number of aromatic nitrogens is 6. The van der Waals surface area contributed by atoms with Crippen LogP contribution in [0, 0.1) is 0 Å². The average Bonchev–Trinajstić information content (AvgIpc) is 3.83. The number of aryl methyl sites for hydroxylation is 6.